The summed E-state index contributed by atoms with van der Waals surface area (Å²) in [5, 5.41) is 12.6. The molecule has 0 bridgehead atoms. The Bertz CT molecular complexity index is 768. The number of anilines is 3. The minimum Gasteiger partial charge on any atom is -0.478 e. The Morgan fingerprint density at radius 3 is 2.68 bits per heavy atom. The second-order valence-corrected chi connectivity index (χ2v) is 6.59. The SMILES string of the molecule is CCc1cc(Nc2ccc(C)cc2C(=O)O)cnc1N1CCCCC1. The van der Waals surface area contributed by atoms with Crippen molar-refractivity contribution in [3.63, 3.8) is 0 Å². The second kappa shape index (κ2) is 7.55. The summed E-state index contributed by atoms with van der Waals surface area (Å²) in [6, 6.07) is 7.48. The van der Waals surface area contributed by atoms with Gasteiger partial charge < -0.3 is 15.3 Å². The van der Waals surface area contributed by atoms with Gasteiger partial charge in [0.05, 0.1) is 23.1 Å². The number of aromatic carboxylic acids is 1. The van der Waals surface area contributed by atoms with E-state index < -0.39 is 5.97 Å². The highest BCUT2D eigenvalue weighted by atomic mass is 16.4. The van der Waals surface area contributed by atoms with Crippen LogP contribution in [0, 0.1) is 6.92 Å². The lowest BCUT2D eigenvalue weighted by molar-refractivity contribution is 0.0698. The number of carboxylic acid groups (broad SMARTS) is 1. The summed E-state index contributed by atoms with van der Waals surface area (Å²) in [7, 11) is 0. The van der Waals surface area contributed by atoms with Crippen molar-refractivity contribution in [3.8, 4) is 0 Å². The number of rotatable bonds is 5. The first-order chi connectivity index (χ1) is 12.1. The lowest BCUT2D eigenvalue weighted by atomic mass is 10.1. The number of carbonyl (C=O) groups is 1. The first-order valence-electron chi connectivity index (χ1n) is 8.93. The van der Waals surface area contributed by atoms with E-state index in [2.05, 4.69) is 28.2 Å². The Labute approximate surface area is 148 Å². The Kier molecular flexibility index (Phi) is 5.22. The molecule has 1 aliphatic rings. The summed E-state index contributed by atoms with van der Waals surface area (Å²) in [6.45, 7) is 6.14. The Morgan fingerprint density at radius 2 is 2.00 bits per heavy atom. The number of hydrogen-bond acceptors (Lipinski definition) is 4. The molecule has 0 spiro atoms. The summed E-state index contributed by atoms with van der Waals surface area (Å²) in [4.78, 5) is 18.5. The average molecular weight is 339 g/mol. The molecule has 1 fully saturated rings. The van der Waals surface area contributed by atoms with Crippen LogP contribution in [0.4, 0.5) is 17.2 Å². The van der Waals surface area contributed by atoms with Gasteiger partial charge in [-0.1, -0.05) is 18.6 Å². The predicted molar refractivity (Wildman–Crippen MR) is 101 cm³/mol. The van der Waals surface area contributed by atoms with E-state index in [1.165, 1.54) is 24.8 Å². The molecule has 1 aromatic carbocycles. The summed E-state index contributed by atoms with van der Waals surface area (Å²) < 4.78 is 0. The molecule has 2 aromatic rings. The summed E-state index contributed by atoms with van der Waals surface area (Å²) >= 11 is 0. The standard InChI is InChI=1S/C20H25N3O2/c1-3-15-12-16(13-21-19(15)23-9-5-4-6-10-23)22-18-8-7-14(2)11-17(18)20(24)25/h7-8,11-13,22H,3-6,9-10H2,1-2H3,(H,24,25). The number of nitrogens with zero attached hydrogens (tertiary/aromatic N) is 2. The third-order valence-electron chi connectivity index (χ3n) is 4.66. The molecule has 5 nitrogen and oxygen atoms in total. The van der Waals surface area contributed by atoms with Crippen LogP contribution in [-0.4, -0.2) is 29.1 Å². The van der Waals surface area contributed by atoms with E-state index >= 15 is 0 Å². The molecule has 0 saturated carbocycles. The number of benzene rings is 1. The fraction of sp³-hybridized carbons (Fsp3) is 0.400. The van der Waals surface area contributed by atoms with Gasteiger partial charge in [-0.25, -0.2) is 9.78 Å². The number of piperidine rings is 1. The van der Waals surface area contributed by atoms with Crippen LogP contribution in [0.15, 0.2) is 30.5 Å². The maximum absolute atomic E-state index is 11.5. The number of hydrogen-bond donors (Lipinski definition) is 2. The van der Waals surface area contributed by atoms with Crippen molar-refractivity contribution >= 4 is 23.2 Å². The van der Waals surface area contributed by atoms with Crippen molar-refractivity contribution in [2.24, 2.45) is 0 Å². The van der Waals surface area contributed by atoms with E-state index in [-0.39, 0.29) is 5.56 Å². The molecule has 3 rings (SSSR count). The van der Waals surface area contributed by atoms with Gasteiger partial charge in [0.1, 0.15) is 5.82 Å². The van der Waals surface area contributed by atoms with Crippen molar-refractivity contribution < 1.29 is 9.90 Å². The first kappa shape index (κ1) is 17.3. The maximum atomic E-state index is 11.5. The number of nitrogens with one attached hydrogen (secondary N) is 1. The molecule has 1 saturated heterocycles. The zero-order valence-electron chi connectivity index (χ0n) is 14.9. The van der Waals surface area contributed by atoms with E-state index in [1.807, 2.05) is 19.1 Å². The molecule has 132 valence electrons. The van der Waals surface area contributed by atoms with Gasteiger partial charge in [-0.05, 0) is 56.4 Å². The fourth-order valence-electron chi connectivity index (χ4n) is 3.32. The number of aryl methyl sites for hydroxylation is 2. The Balaban J connectivity index is 1.88. The third-order valence-corrected chi connectivity index (χ3v) is 4.66. The molecule has 0 unspecified atom stereocenters. The van der Waals surface area contributed by atoms with E-state index in [0.717, 1.165) is 36.6 Å². The van der Waals surface area contributed by atoms with Crippen LogP contribution in [-0.2, 0) is 6.42 Å². The van der Waals surface area contributed by atoms with Crippen LogP contribution in [0.5, 0.6) is 0 Å². The maximum Gasteiger partial charge on any atom is 0.337 e. The smallest absolute Gasteiger partial charge is 0.337 e. The quantitative estimate of drug-likeness (QED) is 0.846. The molecule has 2 heterocycles. The Hall–Kier alpha value is -2.56. The van der Waals surface area contributed by atoms with Crippen LogP contribution >= 0.6 is 0 Å². The highest BCUT2D eigenvalue weighted by Crippen LogP contribution is 2.27. The summed E-state index contributed by atoms with van der Waals surface area (Å²) in [5.74, 6) is 0.134. The summed E-state index contributed by atoms with van der Waals surface area (Å²) in [6.07, 6.45) is 6.43. The van der Waals surface area contributed by atoms with Gasteiger partial charge >= 0.3 is 5.97 Å². The number of carboxylic acids is 1. The molecule has 0 radical (unpaired) electrons. The van der Waals surface area contributed by atoms with Gasteiger partial charge in [-0.15, -0.1) is 0 Å². The zero-order valence-corrected chi connectivity index (χ0v) is 14.9. The topological polar surface area (TPSA) is 65.5 Å². The van der Waals surface area contributed by atoms with Gasteiger partial charge in [-0.3, -0.25) is 0 Å². The van der Waals surface area contributed by atoms with Crippen molar-refractivity contribution in [3.05, 3.63) is 47.2 Å². The molecule has 1 aliphatic heterocycles. The molecule has 5 heteroatoms. The van der Waals surface area contributed by atoms with Crippen LogP contribution in [0.2, 0.25) is 0 Å². The molecule has 0 aliphatic carbocycles. The van der Waals surface area contributed by atoms with Crippen LogP contribution in [0.3, 0.4) is 0 Å². The molecule has 0 atom stereocenters. The molecule has 2 N–H and O–H groups in total. The van der Waals surface area contributed by atoms with Gasteiger partial charge in [0.2, 0.25) is 0 Å². The Morgan fingerprint density at radius 1 is 1.24 bits per heavy atom. The first-order valence-corrected chi connectivity index (χ1v) is 8.93. The fourth-order valence-corrected chi connectivity index (χ4v) is 3.32. The average Bonchev–Trinajstić information content (AvgIpc) is 2.63. The van der Waals surface area contributed by atoms with Crippen molar-refractivity contribution in [1.82, 2.24) is 4.98 Å². The molecular weight excluding hydrogens is 314 g/mol. The van der Waals surface area contributed by atoms with Gasteiger partial charge in [0.25, 0.3) is 0 Å². The third kappa shape index (κ3) is 3.92. The van der Waals surface area contributed by atoms with Crippen molar-refractivity contribution in [1.29, 1.82) is 0 Å². The van der Waals surface area contributed by atoms with E-state index in [1.54, 1.807) is 12.3 Å². The largest absolute Gasteiger partial charge is 0.478 e. The molecule has 0 amide bonds. The van der Waals surface area contributed by atoms with E-state index in [9.17, 15) is 9.90 Å². The minimum atomic E-state index is -0.931. The summed E-state index contributed by atoms with van der Waals surface area (Å²) in [5.41, 5.74) is 3.81. The predicted octanol–water partition coefficient (Wildman–Crippen LogP) is 4.38. The van der Waals surface area contributed by atoms with E-state index in [0.29, 0.717) is 5.69 Å². The highest BCUT2D eigenvalue weighted by molar-refractivity contribution is 5.95. The number of pyridine rings is 1. The minimum absolute atomic E-state index is 0.276. The van der Waals surface area contributed by atoms with Gasteiger partial charge in [0.15, 0.2) is 0 Å². The molecular formula is C20H25N3O2. The lowest BCUT2D eigenvalue weighted by Gasteiger charge is -2.29. The van der Waals surface area contributed by atoms with Crippen LogP contribution in [0.25, 0.3) is 0 Å². The number of aromatic nitrogens is 1. The zero-order chi connectivity index (χ0) is 17.8. The molecule has 25 heavy (non-hydrogen) atoms. The van der Waals surface area contributed by atoms with Crippen molar-refractivity contribution in [2.75, 3.05) is 23.3 Å². The molecule has 1 aromatic heterocycles. The van der Waals surface area contributed by atoms with Gasteiger partial charge in [0, 0.05) is 13.1 Å². The monoisotopic (exact) mass is 339 g/mol. The van der Waals surface area contributed by atoms with Crippen LogP contribution in [0.1, 0.15) is 47.7 Å². The highest BCUT2D eigenvalue weighted by Gasteiger charge is 2.16. The van der Waals surface area contributed by atoms with E-state index in [4.69, 9.17) is 0 Å². The van der Waals surface area contributed by atoms with Gasteiger partial charge in [-0.2, -0.15) is 0 Å². The van der Waals surface area contributed by atoms with Crippen LogP contribution < -0.4 is 10.2 Å². The normalized spacial score (nSPS) is 14.4. The van der Waals surface area contributed by atoms with Crippen molar-refractivity contribution in [2.45, 2.75) is 39.5 Å². The second-order valence-electron chi connectivity index (χ2n) is 6.59. The lowest BCUT2D eigenvalue weighted by Crippen LogP contribution is -2.31.